The van der Waals surface area contributed by atoms with Crippen LogP contribution in [0.1, 0.15) is 50.6 Å². The second-order valence-corrected chi connectivity index (χ2v) is 5.71. The molecule has 0 saturated carbocycles. The fraction of sp³-hybridized carbons (Fsp3) is 0.769. The van der Waals surface area contributed by atoms with Crippen molar-refractivity contribution in [3.05, 3.63) is 17.0 Å². The van der Waals surface area contributed by atoms with E-state index in [9.17, 15) is 0 Å². The van der Waals surface area contributed by atoms with Gasteiger partial charge in [-0.1, -0.05) is 32.3 Å². The van der Waals surface area contributed by atoms with Gasteiger partial charge in [0.25, 0.3) is 0 Å². The van der Waals surface area contributed by atoms with Gasteiger partial charge in [-0.25, -0.2) is 0 Å². The molecule has 0 saturated heterocycles. The molecule has 0 fully saturated rings. The minimum atomic E-state index is 0.401. The van der Waals surface area contributed by atoms with Crippen LogP contribution in [-0.2, 0) is 18.7 Å². The molecule has 0 amide bonds. The predicted octanol–water partition coefficient (Wildman–Crippen LogP) is 3.95. The summed E-state index contributed by atoms with van der Waals surface area (Å²) in [5.74, 6) is 2.27. The highest BCUT2D eigenvalue weighted by Crippen LogP contribution is 2.40. The minimum absolute atomic E-state index is 0.401. The Morgan fingerprint density at radius 2 is 2.25 bits per heavy atom. The standard InChI is InChI=1S/C13H20ClNO/c1-4-13(2,3)9-5-6-12-10(7-9)11(8-14)15-16-12/h9H,4-8H2,1-3H3. The molecular formula is C13H20ClNO. The average Bonchev–Trinajstić information content (AvgIpc) is 2.70. The Kier molecular flexibility index (Phi) is 3.29. The smallest absolute Gasteiger partial charge is 0.140 e. The Labute approximate surface area is 102 Å². The highest BCUT2D eigenvalue weighted by molar-refractivity contribution is 6.17. The third-order valence-electron chi connectivity index (χ3n) is 4.26. The Balaban J connectivity index is 2.22. The number of hydrogen-bond donors (Lipinski definition) is 0. The maximum Gasteiger partial charge on any atom is 0.140 e. The van der Waals surface area contributed by atoms with E-state index in [-0.39, 0.29) is 0 Å². The van der Waals surface area contributed by atoms with E-state index < -0.39 is 0 Å². The van der Waals surface area contributed by atoms with E-state index in [0.29, 0.717) is 11.3 Å². The second kappa shape index (κ2) is 4.40. The zero-order valence-electron chi connectivity index (χ0n) is 10.3. The Morgan fingerprint density at radius 3 is 2.88 bits per heavy atom. The molecular weight excluding hydrogens is 222 g/mol. The molecule has 1 aromatic rings. The van der Waals surface area contributed by atoms with E-state index >= 15 is 0 Å². The van der Waals surface area contributed by atoms with Gasteiger partial charge in [-0.05, 0) is 24.2 Å². The van der Waals surface area contributed by atoms with Gasteiger partial charge in [-0.2, -0.15) is 0 Å². The van der Waals surface area contributed by atoms with Crippen LogP contribution in [0, 0.1) is 11.3 Å². The zero-order chi connectivity index (χ0) is 11.8. The van der Waals surface area contributed by atoms with Crippen molar-refractivity contribution in [2.24, 2.45) is 11.3 Å². The van der Waals surface area contributed by atoms with E-state index in [1.54, 1.807) is 0 Å². The van der Waals surface area contributed by atoms with E-state index in [4.69, 9.17) is 16.1 Å². The summed E-state index contributed by atoms with van der Waals surface area (Å²) in [6, 6.07) is 0. The highest BCUT2D eigenvalue weighted by Gasteiger charge is 2.33. The lowest BCUT2D eigenvalue weighted by atomic mass is 9.69. The first-order chi connectivity index (χ1) is 7.58. The van der Waals surface area contributed by atoms with Crippen molar-refractivity contribution in [2.45, 2.75) is 52.3 Å². The van der Waals surface area contributed by atoms with Crippen LogP contribution in [-0.4, -0.2) is 5.16 Å². The normalized spacial score (nSPS) is 20.9. The molecule has 2 nitrogen and oxygen atoms in total. The number of nitrogens with zero attached hydrogens (tertiary/aromatic N) is 1. The molecule has 3 heteroatoms. The van der Waals surface area contributed by atoms with Crippen molar-refractivity contribution in [2.75, 3.05) is 0 Å². The molecule has 2 rings (SSSR count). The van der Waals surface area contributed by atoms with Gasteiger partial charge < -0.3 is 4.52 Å². The third-order valence-corrected chi connectivity index (χ3v) is 4.52. The van der Waals surface area contributed by atoms with E-state index in [2.05, 4.69) is 25.9 Å². The van der Waals surface area contributed by atoms with E-state index in [0.717, 1.165) is 30.2 Å². The molecule has 0 aliphatic heterocycles. The summed E-state index contributed by atoms with van der Waals surface area (Å²) in [7, 11) is 0. The predicted molar refractivity (Wildman–Crippen MR) is 65.6 cm³/mol. The van der Waals surface area contributed by atoms with Crippen molar-refractivity contribution in [3.8, 4) is 0 Å². The highest BCUT2D eigenvalue weighted by atomic mass is 35.5. The monoisotopic (exact) mass is 241 g/mol. The SMILES string of the molecule is CCC(C)(C)C1CCc2onc(CCl)c2C1. The molecule has 1 aliphatic carbocycles. The van der Waals surface area contributed by atoms with Crippen LogP contribution in [0.4, 0.5) is 0 Å². The lowest BCUT2D eigenvalue weighted by Crippen LogP contribution is -2.28. The molecule has 16 heavy (non-hydrogen) atoms. The minimum Gasteiger partial charge on any atom is -0.361 e. The summed E-state index contributed by atoms with van der Waals surface area (Å²) in [6.45, 7) is 6.98. The van der Waals surface area contributed by atoms with E-state index in [1.807, 2.05) is 0 Å². The molecule has 1 unspecified atom stereocenters. The summed E-state index contributed by atoms with van der Waals surface area (Å²) >= 11 is 5.88. The Bertz CT molecular complexity index is 357. The topological polar surface area (TPSA) is 26.0 Å². The van der Waals surface area contributed by atoms with Crippen LogP contribution in [0.15, 0.2) is 4.52 Å². The maximum atomic E-state index is 5.88. The van der Waals surface area contributed by atoms with Crippen molar-refractivity contribution in [1.82, 2.24) is 5.16 Å². The number of hydrogen-bond acceptors (Lipinski definition) is 2. The van der Waals surface area contributed by atoms with Gasteiger partial charge >= 0.3 is 0 Å². The van der Waals surface area contributed by atoms with Crippen LogP contribution in [0.3, 0.4) is 0 Å². The molecule has 1 atom stereocenters. The first-order valence-electron chi connectivity index (χ1n) is 6.10. The molecule has 1 aliphatic rings. The summed E-state index contributed by atoms with van der Waals surface area (Å²) in [6.07, 6.45) is 4.54. The number of fused-ring (bicyclic) bond motifs is 1. The molecule has 90 valence electrons. The van der Waals surface area contributed by atoms with E-state index in [1.165, 1.54) is 18.4 Å². The van der Waals surface area contributed by atoms with Crippen molar-refractivity contribution in [1.29, 1.82) is 0 Å². The van der Waals surface area contributed by atoms with Crippen LogP contribution in [0.5, 0.6) is 0 Å². The number of alkyl halides is 1. The molecule has 0 spiro atoms. The summed E-state index contributed by atoms with van der Waals surface area (Å²) < 4.78 is 5.34. The first kappa shape index (κ1) is 12.0. The fourth-order valence-electron chi connectivity index (χ4n) is 2.52. The third kappa shape index (κ3) is 2.00. The zero-order valence-corrected chi connectivity index (χ0v) is 11.1. The number of aryl methyl sites for hydroxylation is 1. The van der Waals surface area contributed by atoms with Crippen LogP contribution < -0.4 is 0 Å². The quantitative estimate of drug-likeness (QED) is 0.749. The van der Waals surface area contributed by atoms with Gasteiger partial charge in [0.05, 0.1) is 5.88 Å². The molecule has 0 radical (unpaired) electrons. The van der Waals surface area contributed by atoms with Crippen molar-refractivity contribution < 1.29 is 4.52 Å². The molecule has 1 heterocycles. The number of halogens is 1. The van der Waals surface area contributed by atoms with Crippen LogP contribution in [0.25, 0.3) is 0 Å². The summed E-state index contributed by atoms with van der Waals surface area (Å²) in [4.78, 5) is 0. The Hall–Kier alpha value is -0.500. The average molecular weight is 242 g/mol. The fourth-order valence-corrected chi connectivity index (χ4v) is 2.73. The summed E-state index contributed by atoms with van der Waals surface area (Å²) in [5, 5.41) is 4.05. The lowest BCUT2D eigenvalue weighted by molar-refractivity contribution is 0.176. The summed E-state index contributed by atoms with van der Waals surface area (Å²) in [5.41, 5.74) is 2.64. The van der Waals surface area contributed by atoms with Crippen LogP contribution in [0.2, 0.25) is 0 Å². The second-order valence-electron chi connectivity index (χ2n) is 5.45. The van der Waals surface area contributed by atoms with Crippen molar-refractivity contribution >= 4 is 11.6 Å². The maximum absolute atomic E-state index is 5.88. The largest absolute Gasteiger partial charge is 0.361 e. The van der Waals surface area contributed by atoms with Crippen molar-refractivity contribution in [3.63, 3.8) is 0 Å². The van der Waals surface area contributed by atoms with Gasteiger partial charge in [0.1, 0.15) is 11.5 Å². The Morgan fingerprint density at radius 1 is 1.50 bits per heavy atom. The number of aromatic nitrogens is 1. The van der Waals surface area contributed by atoms with Gasteiger partial charge in [-0.3, -0.25) is 0 Å². The first-order valence-corrected chi connectivity index (χ1v) is 6.64. The molecule has 1 aromatic heterocycles. The molecule has 0 aromatic carbocycles. The van der Waals surface area contributed by atoms with Gasteiger partial charge in [0.2, 0.25) is 0 Å². The molecule has 0 N–H and O–H groups in total. The van der Waals surface area contributed by atoms with Gasteiger partial charge in [0.15, 0.2) is 0 Å². The molecule has 0 bridgehead atoms. The van der Waals surface area contributed by atoms with Crippen LogP contribution >= 0.6 is 11.6 Å². The van der Waals surface area contributed by atoms with Gasteiger partial charge in [0, 0.05) is 12.0 Å². The van der Waals surface area contributed by atoms with Gasteiger partial charge in [-0.15, -0.1) is 11.6 Å². The number of rotatable bonds is 3. The lowest BCUT2D eigenvalue weighted by Gasteiger charge is -2.35.